The van der Waals surface area contributed by atoms with Crippen LogP contribution >= 0.6 is 31.9 Å². The summed E-state index contributed by atoms with van der Waals surface area (Å²) < 4.78 is 1.03. The van der Waals surface area contributed by atoms with Crippen LogP contribution in [0.1, 0.15) is 6.42 Å². The number of anilines is 1. The third-order valence-electron chi connectivity index (χ3n) is 2.28. The van der Waals surface area contributed by atoms with E-state index < -0.39 is 0 Å². The van der Waals surface area contributed by atoms with Gasteiger partial charge < -0.3 is 4.90 Å². The van der Waals surface area contributed by atoms with Crippen LogP contribution in [0.25, 0.3) is 0 Å². The minimum Gasteiger partial charge on any atom is -0.311 e. The summed E-state index contributed by atoms with van der Waals surface area (Å²) in [5.41, 5.74) is 0.972. The van der Waals surface area contributed by atoms with Crippen molar-refractivity contribution < 1.29 is 4.79 Å². The molecule has 1 atom stereocenters. The number of benzene rings is 1. The lowest BCUT2D eigenvalue weighted by atomic mass is 10.3. The summed E-state index contributed by atoms with van der Waals surface area (Å²) in [6, 6.07) is 7.80. The third kappa shape index (κ3) is 1.86. The molecule has 1 fully saturated rings. The maximum absolute atomic E-state index is 11.7. The van der Waals surface area contributed by atoms with Gasteiger partial charge in [0.25, 0.3) is 0 Å². The predicted molar refractivity (Wildman–Crippen MR) is 63.8 cm³/mol. The fourth-order valence-corrected chi connectivity index (χ4v) is 2.24. The van der Waals surface area contributed by atoms with Crippen LogP contribution in [0, 0.1) is 0 Å². The van der Waals surface area contributed by atoms with E-state index >= 15 is 0 Å². The van der Waals surface area contributed by atoms with Crippen molar-refractivity contribution in [3.05, 3.63) is 28.7 Å². The molecule has 0 unspecified atom stereocenters. The van der Waals surface area contributed by atoms with Gasteiger partial charge in [-0.15, -0.1) is 0 Å². The first-order chi connectivity index (χ1) is 6.68. The van der Waals surface area contributed by atoms with E-state index in [1.807, 2.05) is 29.2 Å². The summed E-state index contributed by atoms with van der Waals surface area (Å²) >= 11 is 6.72. The quantitative estimate of drug-likeness (QED) is 0.729. The Labute approximate surface area is 99.5 Å². The van der Waals surface area contributed by atoms with Crippen molar-refractivity contribution in [2.75, 3.05) is 11.4 Å². The van der Waals surface area contributed by atoms with E-state index in [1.165, 1.54) is 0 Å². The van der Waals surface area contributed by atoms with Crippen molar-refractivity contribution in [1.29, 1.82) is 0 Å². The van der Waals surface area contributed by atoms with Gasteiger partial charge in [-0.2, -0.15) is 0 Å². The highest BCUT2D eigenvalue weighted by Crippen LogP contribution is 2.26. The second-order valence-electron chi connectivity index (χ2n) is 3.22. The zero-order valence-electron chi connectivity index (χ0n) is 7.41. The van der Waals surface area contributed by atoms with Gasteiger partial charge in [-0.25, -0.2) is 0 Å². The highest BCUT2D eigenvalue weighted by atomic mass is 79.9. The monoisotopic (exact) mass is 317 g/mol. The fraction of sp³-hybridized carbons (Fsp3) is 0.300. The normalized spacial score (nSPS) is 21.7. The SMILES string of the molecule is O=C1[C@H](Br)CCN1c1ccc(Br)cc1. The molecule has 14 heavy (non-hydrogen) atoms. The minimum atomic E-state index is -0.00820. The first-order valence-corrected chi connectivity index (χ1v) is 6.10. The Morgan fingerprint density at radius 2 is 1.93 bits per heavy atom. The van der Waals surface area contributed by atoms with E-state index in [0.717, 1.165) is 23.1 Å². The minimum absolute atomic E-state index is 0.00820. The fourth-order valence-electron chi connectivity index (χ4n) is 1.52. The Hall–Kier alpha value is -0.350. The summed E-state index contributed by atoms with van der Waals surface area (Å²) in [6.07, 6.45) is 0.884. The summed E-state index contributed by atoms with van der Waals surface area (Å²) in [5, 5.41) is 0. The van der Waals surface area contributed by atoms with Crippen molar-refractivity contribution in [3.63, 3.8) is 0 Å². The summed E-state index contributed by atoms with van der Waals surface area (Å²) in [6.45, 7) is 0.802. The van der Waals surface area contributed by atoms with Gasteiger partial charge in [0.1, 0.15) is 0 Å². The van der Waals surface area contributed by atoms with Gasteiger partial charge in [0.15, 0.2) is 0 Å². The number of hydrogen-bond acceptors (Lipinski definition) is 1. The standard InChI is InChI=1S/C10H9Br2NO/c11-7-1-3-8(4-2-7)13-6-5-9(12)10(13)14/h1-4,9H,5-6H2/t9-/m1/s1. The molecule has 0 radical (unpaired) electrons. The topological polar surface area (TPSA) is 20.3 Å². The number of nitrogens with zero attached hydrogens (tertiary/aromatic N) is 1. The molecule has 74 valence electrons. The molecule has 4 heteroatoms. The number of carbonyl (C=O) groups excluding carboxylic acids is 1. The molecule has 1 amide bonds. The van der Waals surface area contributed by atoms with Crippen molar-refractivity contribution in [2.24, 2.45) is 0 Å². The number of alkyl halides is 1. The Kier molecular flexibility index (Phi) is 2.93. The third-order valence-corrected chi connectivity index (χ3v) is 3.66. The lowest BCUT2D eigenvalue weighted by molar-refractivity contribution is -0.116. The molecule has 1 aromatic rings. The van der Waals surface area contributed by atoms with Crippen LogP contribution in [0.5, 0.6) is 0 Å². The van der Waals surface area contributed by atoms with Gasteiger partial charge in [0.2, 0.25) is 5.91 Å². The zero-order chi connectivity index (χ0) is 10.1. The largest absolute Gasteiger partial charge is 0.311 e. The van der Waals surface area contributed by atoms with E-state index in [-0.39, 0.29) is 10.7 Å². The molecule has 0 aromatic heterocycles. The molecule has 1 heterocycles. The molecule has 0 N–H and O–H groups in total. The predicted octanol–water partition coefficient (Wildman–Crippen LogP) is 2.95. The van der Waals surface area contributed by atoms with Crippen molar-refractivity contribution in [2.45, 2.75) is 11.2 Å². The summed E-state index contributed by atoms with van der Waals surface area (Å²) in [7, 11) is 0. The van der Waals surface area contributed by atoms with Gasteiger partial charge in [-0.05, 0) is 30.7 Å². The summed E-state index contributed by atoms with van der Waals surface area (Å²) in [5.74, 6) is 0.160. The Morgan fingerprint density at radius 1 is 1.29 bits per heavy atom. The van der Waals surface area contributed by atoms with Crippen molar-refractivity contribution >= 4 is 43.5 Å². The number of hydrogen-bond donors (Lipinski definition) is 0. The number of rotatable bonds is 1. The van der Waals surface area contributed by atoms with Gasteiger partial charge >= 0.3 is 0 Å². The van der Waals surface area contributed by atoms with Crippen LogP contribution < -0.4 is 4.90 Å². The van der Waals surface area contributed by atoms with E-state index in [0.29, 0.717) is 0 Å². The first kappa shape index (κ1) is 10.2. The average molecular weight is 319 g/mol. The Balaban J connectivity index is 2.24. The van der Waals surface area contributed by atoms with Crippen molar-refractivity contribution in [1.82, 2.24) is 0 Å². The van der Waals surface area contributed by atoms with E-state index in [9.17, 15) is 4.79 Å². The molecule has 0 spiro atoms. The molecule has 0 aliphatic carbocycles. The molecular weight excluding hydrogens is 310 g/mol. The molecule has 2 nitrogen and oxygen atoms in total. The second-order valence-corrected chi connectivity index (χ2v) is 5.24. The molecule has 1 saturated heterocycles. The summed E-state index contributed by atoms with van der Waals surface area (Å²) in [4.78, 5) is 13.5. The smallest absolute Gasteiger partial charge is 0.240 e. The van der Waals surface area contributed by atoms with Crippen LogP contribution in [0.3, 0.4) is 0 Å². The van der Waals surface area contributed by atoms with Gasteiger partial charge in [0.05, 0.1) is 4.83 Å². The highest BCUT2D eigenvalue weighted by molar-refractivity contribution is 9.10. The van der Waals surface area contributed by atoms with Crippen LogP contribution in [0.2, 0.25) is 0 Å². The van der Waals surface area contributed by atoms with Crippen LogP contribution in [-0.4, -0.2) is 17.3 Å². The van der Waals surface area contributed by atoms with Gasteiger partial charge in [0, 0.05) is 16.7 Å². The second kappa shape index (κ2) is 4.03. The van der Waals surface area contributed by atoms with E-state index in [1.54, 1.807) is 0 Å². The maximum atomic E-state index is 11.7. The molecule has 1 aliphatic rings. The lowest BCUT2D eigenvalue weighted by Crippen LogP contribution is -2.26. The zero-order valence-corrected chi connectivity index (χ0v) is 10.6. The Morgan fingerprint density at radius 3 is 2.43 bits per heavy atom. The van der Waals surface area contributed by atoms with Gasteiger partial charge in [-0.3, -0.25) is 4.79 Å². The van der Waals surface area contributed by atoms with Crippen LogP contribution in [-0.2, 0) is 4.79 Å². The molecule has 0 saturated carbocycles. The molecule has 1 aliphatic heterocycles. The van der Waals surface area contributed by atoms with Crippen LogP contribution in [0.15, 0.2) is 28.7 Å². The number of amides is 1. The van der Waals surface area contributed by atoms with E-state index in [4.69, 9.17) is 0 Å². The van der Waals surface area contributed by atoms with E-state index in [2.05, 4.69) is 31.9 Å². The highest BCUT2D eigenvalue weighted by Gasteiger charge is 2.30. The Bertz CT molecular complexity index is 350. The molecule has 0 bridgehead atoms. The molecule has 1 aromatic carbocycles. The average Bonchev–Trinajstić information content (AvgIpc) is 2.50. The molecule has 2 rings (SSSR count). The maximum Gasteiger partial charge on any atom is 0.240 e. The molecular formula is C10H9Br2NO. The van der Waals surface area contributed by atoms with Gasteiger partial charge in [-0.1, -0.05) is 31.9 Å². The number of halogens is 2. The first-order valence-electron chi connectivity index (χ1n) is 4.39. The number of carbonyl (C=O) groups is 1. The lowest BCUT2D eigenvalue weighted by Gasteiger charge is -2.15. The van der Waals surface area contributed by atoms with Crippen LogP contribution in [0.4, 0.5) is 5.69 Å². The van der Waals surface area contributed by atoms with Crippen molar-refractivity contribution in [3.8, 4) is 0 Å².